The molecule has 0 atom stereocenters. The fourth-order valence-electron chi connectivity index (χ4n) is 2.20. The van der Waals surface area contributed by atoms with E-state index in [-0.39, 0.29) is 5.97 Å². The Labute approximate surface area is 132 Å². The molecule has 2 heterocycles. The maximum Gasteiger partial charge on any atom is 0.337 e. The molecule has 0 aliphatic heterocycles. The average Bonchev–Trinajstić information content (AvgIpc) is 3.25. The molecule has 0 unspecified atom stereocenters. The highest BCUT2D eigenvalue weighted by Crippen LogP contribution is 2.10. The van der Waals surface area contributed by atoms with Gasteiger partial charge in [0.15, 0.2) is 5.82 Å². The zero-order chi connectivity index (χ0) is 16.1. The van der Waals surface area contributed by atoms with Crippen LogP contribution in [-0.2, 0) is 24.0 Å². The van der Waals surface area contributed by atoms with Gasteiger partial charge in [-0.2, -0.15) is 10.1 Å². The third-order valence-corrected chi connectivity index (χ3v) is 3.43. The Bertz CT molecular complexity index is 763. The molecule has 1 aromatic carbocycles. The number of aryl methyl sites for hydroxylation is 2. The second-order valence-electron chi connectivity index (χ2n) is 5.08. The van der Waals surface area contributed by atoms with Crippen LogP contribution in [0.1, 0.15) is 33.2 Å². The van der Waals surface area contributed by atoms with E-state index in [1.165, 1.54) is 7.11 Å². The SMILES string of the molecule is COC(=O)c1ccc(CCc2nc(Cc3cn[nH]c3)no2)cc1. The highest BCUT2D eigenvalue weighted by molar-refractivity contribution is 5.89. The van der Waals surface area contributed by atoms with Crippen LogP contribution >= 0.6 is 0 Å². The number of carbonyl (C=O) groups is 1. The Morgan fingerprint density at radius 3 is 2.74 bits per heavy atom. The van der Waals surface area contributed by atoms with E-state index in [9.17, 15) is 4.79 Å². The lowest BCUT2D eigenvalue weighted by molar-refractivity contribution is 0.0600. The predicted molar refractivity (Wildman–Crippen MR) is 80.9 cm³/mol. The second-order valence-corrected chi connectivity index (χ2v) is 5.08. The molecule has 0 spiro atoms. The maximum absolute atomic E-state index is 11.4. The predicted octanol–water partition coefficient (Wildman–Crippen LogP) is 1.96. The monoisotopic (exact) mass is 312 g/mol. The summed E-state index contributed by atoms with van der Waals surface area (Å²) in [4.78, 5) is 15.7. The van der Waals surface area contributed by atoms with Crippen LogP contribution in [0.4, 0.5) is 0 Å². The minimum Gasteiger partial charge on any atom is -0.465 e. The maximum atomic E-state index is 11.4. The van der Waals surface area contributed by atoms with Gasteiger partial charge in [0, 0.05) is 19.0 Å². The molecule has 1 N–H and O–H groups in total. The normalized spacial score (nSPS) is 10.7. The average molecular weight is 312 g/mol. The van der Waals surface area contributed by atoms with Gasteiger partial charge in [-0.15, -0.1) is 0 Å². The van der Waals surface area contributed by atoms with Gasteiger partial charge in [0.25, 0.3) is 0 Å². The minimum absolute atomic E-state index is 0.336. The first-order valence-corrected chi connectivity index (χ1v) is 7.21. The fraction of sp³-hybridized carbons (Fsp3) is 0.250. The molecular weight excluding hydrogens is 296 g/mol. The Morgan fingerprint density at radius 1 is 1.22 bits per heavy atom. The van der Waals surface area contributed by atoms with Crippen LogP contribution in [0.3, 0.4) is 0 Å². The number of benzene rings is 1. The number of hydrogen-bond acceptors (Lipinski definition) is 6. The summed E-state index contributed by atoms with van der Waals surface area (Å²) >= 11 is 0. The fourth-order valence-corrected chi connectivity index (χ4v) is 2.20. The zero-order valence-electron chi connectivity index (χ0n) is 12.7. The summed E-state index contributed by atoms with van der Waals surface area (Å²) in [5.41, 5.74) is 2.64. The van der Waals surface area contributed by atoms with Crippen LogP contribution in [0.25, 0.3) is 0 Å². The standard InChI is InChI=1S/C16H16N4O3/c1-22-16(21)13-5-2-11(3-6-13)4-7-15-19-14(20-23-15)8-12-9-17-18-10-12/h2-3,5-6,9-10H,4,7-8H2,1H3,(H,17,18). The molecule has 0 bridgehead atoms. The number of nitrogens with zero attached hydrogens (tertiary/aromatic N) is 3. The largest absolute Gasteiger partial charge is 0.465 e. The van der Waals surface area contributed by atoms with E-state index < -0.39 is 0 Å². The molecule has 0 saturated heterocycles. The van der Waals surface area contributed by atoms with E-state index in [2.05, 4.69) is 25.1 Å². The quantitative estimate of drug-likeness (QED) is 0.699. The molecule has 3 aromatic rings. The Hall–Kier alpha value is -2.96. The molecule has 23 heavy (non-hydrogen) atoms. The number of esters is 1. The van der Waals surface area contributed by atoms with Crippen LogP contribution in [0.5, 0.6) is 0 Å². The van der Waals surface area contributed by atoms with Gasteiger partial charge >= 0.3 is 5.97 Å². The first-order chi connectivity index (χ1) is 11.2. The topological polar surface area (TPSA) is 93.9 Å². The van der Waals surface area contributed by atoms with Crippen molar-refractivity contribution >= 4 is 5.97 Å². The highest BCUT2D eigenvalue weighted by atomic mass is 16.5. The van der Waals surface area contributed by atoms with Gasteiger partial charge in [-0.05, 0) is 29.7 Å². The van der Waals surface area contributed by atoms with E-state index in [4.69, 9.17) is 4.52 Å². The number of hydrogen-bond donors (Lipinski definition) is 1. The van der Waals surface area contributed by atoms with Crippen molar-refractivity contribution in [2.24, 2.45) is 0 Å². The number of methoxy groups -OCH3 is 1. The molecule has 0 radical (unpaired) electrons. The smallest absolute Gasteiger partial charge is 0.337 e. The molecule has 7 nitrogen and oxygen atoms in total. The van der Waals surface area contributed by atoms with Gasteiger partial charge in [-0.3, -0.25) is 5.10 Å². The van der Waals surface area contributed by atoms with Crippen LogP contribution in [0.15, 0.2) is 41.2 Å². The van der Waals surface area contributed by atoms with Crippen molar-refractivity contribution < 1.29 is 14.1 Å². The number of carbonyl (C=O) groups excluding carboxylic acids is 1. The lowest BCUT2D eigenvalue weighted by atomic mass is 10.1. The zero-order valence-corrected chi connectivity index (χ0v) is 12.7. The minimum atomic E-state index is -0.336. The lowest BCUT2D eigenvalue weighted by Crippen LogP contribution is -2.01. The molecule has 2 aromatic heterocycles. The van der Waals surface area contributed by atoms with E-state index in [1.807, 2.05) is 12.1 Å². The Kier molecular flexibility index (Phi) is 4.46. The summed E-state index contributed by atoms with van der Waals surface area (Å²) < 4.78 is 9.92. The first-order valence-electron chi connectivity index (χ1n) is 7.21. The van der Waals surface area contributed by atoms with Crippen molar-refractivity contribution in [3.05, 3.63) is 65.1 Å². The summed E-state index contributed by atoms with van der Waals surface area (Å²) in [5, 5.41) is 10.6. The van der Waals surface area contributed by atoms with Crippen LogP contribution < -0.4 is 0 Å². The third kappa shape index (κ3) is 3.82. The van der Waals surface area contributed by atoms with E-state index in [0.717, 1.165) is 17.5 Å². The van der Waals surface area contributed by atoms with Crippen molar-refractivity contribution in [2.45, 2.75) is 19.3 Å². The number of aromatic nitrogens is 4. The number of nitrogens with one attached hydrogen (secondary N) is 1. The van der Waals surface area contributed by atoms with Crippen molar-refractivity contribution in [1.29, 1.82) is 0 Å². The van der Waals surface area contributed by atoms with Crippen molar-refractivity contribution in [2.75, 3.05) is 7.11 Å². The summed E-state index contributed by atoms with van der Waals surface area (Å²) in [5.74, 6) is 0.903. The Morgan fingerprint density at radius 2 is 2.04 bits per heavy atom. The van der Waals surface area contributed by atoms with Crippen molar-refractivity contribution in [1.82, 2.24) is 20.3 Å². The van der Waals surface area contributed by atoms with Crippen LogP contribution in [-0.4, -0.2) is 33.4 Å². The highest BCUT2D eigenvalue weighted by Gasteiger charge is 2.09. The number of H-pyrrole nitrogens is 1. The summed E-state index contributed by atoms with van der Waals surface area (Å²) in [6.07, 6.45) is 5.54. The Balaban J connectivity index is 1.56. The molecular formula is C16H16N4O3. The van der Waals surface area contributed by atoms with Gasteiger partial charge < -0.3 is 9.26 Å². The molecule has 7 heteroatoms. The molecule has 0 aliphatic rings. The lowest BCUT2D eigenvalue weighted by Gasteiger charge is -2.01. The third-order valence-electron chi connectivity index (χ3n) is 3.43. The number of aromatic amines is 1. The second kappa shape index (κ2) is 6.87. The van der Waals surface area contributed by atoms with Gasteiger partial charge in [-0.25, -0.2) is 4.79 Å². The van der Waals surface area contributed by atoms with E-state index >= 15 is 0 Å². The van der Waals surface area contributed by atoms with Gasteiger partial charge in [-0.1, -0.05) is 17.3 Å². The van der Waals surface area contributed by atoms with Gasteiger partial charge in [0.2, 0.25) is 5.89 Å². The molecule has 0 aliphatic carbocycles. The summed E-state index contributed by atoms with van der Waals surface area (Å²) in [7, 11) is 1.37. The van der Waals surface area contributed by atoms with E-state index in [1.54, 1.807) is 24.5 Å². The van der Waals surface area contributed by atoms with Crippen LogP contribution in [0.2, 0.25) is 0 Å². The van der Waals surface area contributed by atoms with Crippen molar-refractivity contribution in [3.8, 4) is 0 Å². The molecule has 0 saturated carbocycles. The van der Waals surface area contributed by atoms with E-state index in [0.29, 0.717) is 30.1 Å². The molecule has 0 amide bonds. The van der Waals surface area contributed by atoms with Crippen LogP contribution in [0, 0.1) is 0 Å². The summed E-state index contributed by atoms with van der Waals surface area (Å²) in [6, 6.07) is 7.29. The molecule has 118 valence electrons. The molecule has 3 rings (SSSR count). The first kappa shape index (κ1) is 15.0. The number of rotatable bonds is 6. The van der Waals surface area contributed by atoms with Gasteiger partial charge in [0.1, 0.15) is 0 Å². The number of ether oxygens (including phenoxy) is 1. The van der Waals surface area contributed by atoms with Gasteiger partial charge in [0.05, 0.1) is 18.9 Å². The summed E-state index contributed by atoms with van der Waals surface area (Å²) in [6.45, 7) is 0. The molecule has 0 fully saturated rings. The van der Waals surface area contributed by atoms with Crippen molar-refractivity contribution in [3.63, 3.8) is 0 Å².